The molecular weight excluding hydrogens is 260 g/mol. The Labute approximate surface area is 117 Å². The number of carbonyl (C=O) groups is 2. The van der Waals surface area contributed by atoms with Gasteiger partial charge in [0.15, 0.2) is 0 Å². The minimum atomic E-state index is -0.483. The highest BCUT2D eigenvalue weighted by molar-refractivity contribution is 5.93. The molecule has 20 heavy (non-hydrogen) atoms. The molecule has 0 fully saturated rings. The van der Waals surface area contributed by atoms with Crippen molar-refractivity contribution in [3.05, 3.63) is 29.3 Å². The number of fused-ring (bicyclic) bond motifs is 1. The number of esters is 1. The summed E-state index contributed by atoms with van der Waals surface area (Å²) >= 11 is 0. The van der Waals surface area contributed by atoms with Gasteiger partial charge in [-0.1, -0.05) is 12.1 Å². The molecule has 0 saturated heterocycles. The molecular formula is C14H18N2O4. The Morgan fingerprint density at radius 1 is 1.45 bits per heavy atom. The van der Waals surface area contributed by atoms with Gasteiger partial charge in [0, 0.05) is 11.3 Å². The van der Waals surface area contributed by atoms with E-state index in [9.17, 15) is 9.59 Å². The first-order valence-electron chi connectivity index (χ1n) is 6.47. The number of rotatable bonds is 4. The summed E-state index contributed by atoms with van der Waals surface area (Å²) in [7, 11) is 1.40. The maximum absolute atomic E-state index is 12.0. The van der Waals surface area contributed by atoms with Crippen LogP contribution in [0.3, 0.4) is 0 Å². The summed E-state index contributed by atoms with van der Waals surface area (Å²) in [6.45, 7) is 4.00. The van der Waals surface area contributed by atoms with Crippen LogP contribution in [0.25, 0.3) is 0 Å². The molecule has 0 radical (unpaired) electrons. The molecule has 6 nitrogen and oxygen atoms in total. The van der Waals surface area contributed by atoms with Crippen molar-refractivity contribution in [3.63, 3.8) is 0 Å². The summed E-state index contributed by atoms with van der Waals surface area (Å²) in [6, 6.07) is 4.82. The Bertz CT molecular complexity index is 530. The first-order valence-corrected chi connectivity index (χ1v) is 6.47. The molecule has 108 valence electrons. The number of carbonyl (C=O) groups excluding carboxylic acids is 2. The number of urea groups is 1. The van der Waals surface area contributed by atoms with Gasteiger partial charge in [-0.05, 0) is 25.5 Å². The fourth-order valence-corrected chi connectivity index (χ4v) is 2.29. The minimum Gasteiger partial charge on any atom is -0.466 e. The molecule has 0 aliphatic carbocycles. The number of nitrogens with zero attached hydrogens (tertiary/aromatic N) is 1. The van der Waals surface area contributed by atoms with Gasteiger partial charge < -0.3 is 10.1 Å². The summed E-state index contributed by atoms with van der Waals surface area (Å²) in [5.41, 5.74) is 2.58. The molecule has 1 N–H and O–H groups in total. The molecule has 1 aromatic carbocycles. The molecule has 1 heterocycles. The van der Waals surface area contributed by atoms with E-state index in [1.807, 2.05) is 25.1 Å². The molecule has 0 spiro atoms. The fourth-order valence-electron chi connectivity index (χ4n) is 2.29. The summed E-state index contributed by atoms with van der Waals surface area (Å²) in [5.74, 6) is -0.360. The number of hydrogen-bond donors (Lipinski definition) is 1. The average molecular weight is 278 g/mol. The third kappa shape index (κ3) is 2.75. The molecule has 6 heteroatoms. The van der Waals surface area contributed by atoms with Crippen LogP contribution in [0.2, 0.25) is 0 Å². The first kappa shape index (κ1) is 14.3. The predicted octanol–water partition coefficient (Wildman–Crippen LogP) is 2.40. The molecule has 2 rings (SSSR count). The van der Waals surface area contributed by atoms with Gasteiger partial charge >= 0.3 is 12.0 Å². The number of nitrogens with one attached hydrogen (secondary N) is 1. The van der Waals surface area contributed by atoms with Crippen LogP contribution >= 0.6 is 0 Å². The van der Waals surface area contributed by atoms with Crippen molar-refractivity contribution in [1.82, 2.24) is 5.06 Å². The van der Waals surface area contributed by atoms with Crippen molar-refractivity contribution in [2.24, 2.45) is 0 Å². The minimum absolute atomic E-state index is 0.0607. The van der Waals surface area contributed by atoms with Gasteiger partial charge in [0.25, 0.3) is 0 Å². The highest BCUT2D eigenvalue weighted by Crippen LogP contribution is 2.35. The third-order valence-electron chi connectivity index (χ3n) is 3.15. The molecule has 1 aromatic rings. The number of benzene rings is 1. The van der Waals surface area contributed by atoms with Gasteiger partial charge in [0.2, 0.25) is 0 Å². The van der Waals surface area contributed by atoms with Gasteiger partial charge in [-0.25, -0.2) is 4.79 Å². The van der Waals surface area contributed by atoms with Crippen molar-refractivity contribution < 1.29 is 19.2 Å². The topological polar surface area (TPSA) is 67.9 Å². The first-order chi connectivity index (χ1) is 9.56. The molecule has 0 saturated carbocycles. The third-order valence-corrected chi connectivity index (χ3v) is 3.15. The SMILES string of the molecule is CCOC(=O)CC1c2ccc(C)cc2NC(=O)N1OC. The maximum Gasteiger partial charge on any atom is 0.346 e. The van der Waals surface area contributed by atoms with Crippen LogP contribution in [0, 0.1) is 6.92 Å². The van der Waals surface area contributed by atoms with Crippen LogP contribution in [0.5, 0.6) is 0 Å². The Balaban J connectivity index is 2.34. The zero-order chi connectivity index (χ0) is 14.7. The van der Waals surface area contributed by atoms with Gasteiger partial charge in [-0.3, -0.25) is 9.63 Å². The van der Waals surface area contributed by atoms with E-state index in [0.717, 1.165) is 16.2 Å². The van der Waals surface area contributed by atoms with Crippen LogP contribution in [0.4, 0.5) is 10.5 Å². The van der Waals surface area contributed by atoms with E-state index < -0.39 is 6.04 Å². The largest absolute Gasteiger partial charge is 0.466 e. The van der Waals surface area contributed by atoms with Crippen LogP contribution < -0.4 is 5.32 Å². The lowest BCUT2D eigenvalue weighted by atomic mass is 9.98. The van der Waals surface area contributed by atoms with E-state index >= 15 is 0 Å². The Morgan fingerprint density at radius 2 is 2.20 bits per heavy atom. The van der Waals surface area contributed by atoms with E-state index in [0.29, 0.717) is 12.3 Å². The van der Waals surface area contributed by atoms with E-state index in [2.05, 4.69) is 5.32 Å². The van der Waals surface area contributed by atoms with Crippen LogP contribution in [-0.2, 0) is 14.4 Å². The van der Waals surface area contributed by atoms with Crippen LogP contribution in [0.1, 0.15) is 30.5 Å². The van der Waals surface area contributed by atoms with Crippen molar-refractivity contribution in [3.8, 4) is 0 Å². The van der Waals surface area contributed by atoms with E-state index in [4.69, 9.17) is 9.57 Å². The maximum atomic E-state index is 12.0. The zero-order valence-electron chi connectivity index (χ0n) is 11.8. The number of hydrogen-bond acceptors (Lipinski definition) is 4. The quantitative estimate of drug-likeness (QED) is 0.859. The van der Waals surface area contributed by atoms with Crippen molar-refractivity contribution >= 4 is 17.7 Å². The van der Waals surface area contributed by atoms with Gasteiger partial charge in [0.1, 0.15) is 0 Å². The van der Waals surface area contributed by atoms with Crippen molar-refractivity contribution in [1.29, 1.82) is 0 Å². The average Bonchev–Trinajstić information content (AvgIpc) is 2.38. The van der Waals surface area contributed by atoms with Gasteiger partial charge in [-0.2, -0.15) is 5.06 Å². The molecule has 0 aromatic heterocycles. The number of amides is 2. The van der Waals surface area contributed by atoms with Crippen molar-refractivity contribution in [2.45, 2.75) is 26.3 Å². The zero-order valence-corrected chi connectivity index (χ0v) is 11.8. The second-order valence-electron chi connectivity index (χ2n) is 4.55. The Hall–Kier alpha value is -2.08. The van der Waals surface area contributed by atoms with Gasteiger partial charge in [-0.15, -0.1) is 0 Å². The molecule has 1 atom stereocenters. The second kappa shape index (κ2) is 5.92. The monoisotopic (exact) mass is 278 g/mol. The molecule has 1 aliphatic rings. The summed E-state index contributed by atoms with van der Waals surface area (Å²) in [4.78, 5) is 28.8. The lowest BCUT2D eigenvalue weighted by molar-refractivity contribution is -0.153. The van der Waals surface area contributed by atoms with E-state index in [-0.39, 0.29) is 18.4 Å². The summed E-state index contributed by atoms with van der Waals surface area (Å²) in [6.07, 6.45) is 0.0607. The Morgan fingerprint density at radius 3 is 2.85 bits per heavy atom. The highest BCUT2D eigenvalue weighted by Gasteiger charge is 2.34. The van der Waals surface area contributed by atoms with Gasteiger partial charge in [0.05, 0.1) is 26.2 Å². The lowest BCUT2D eigenvalue weighted by Crippen LogP contribution is -2.42. The molecule has 1 aliphatic heterocycles. The molecule has 0 bridgehead atoms. The lowest BCUT2D eigenvalue weighted by Gasteiger charge is -2.34. The Kier molecular flexibility index (Phi) is 4.24. The van der Waals surface area contributed by atoms with Crippen molar-refractivity contribution in [2.75, 3.05) is 19.0 Å². The summed E-state index contributed by atoms with van der Waals surface area (Å²) in [5, 5.41) is 3.91. The number of hydroxylamine groups is 2. The number of anilines is 1. The molecule has 1 unspecified atom stereocenters. The second-order valence-corrected chi connectivity index (χ2v) is 4.55. The fraction of sp³-hybridized carbons (Fsp3) is 0.429. The smallest absolute Gasteiger partial charge is 0.346 e. The standard InChI is InChI=1S/C14H18N2O4/c1-4-20-13(17)8-12-10-6-5-9(2)7-11(10)15-14(18)16(12)19-3/h5-7,12H,4,8H2,1-3H3,(H,15,18). The number of ether oxygens (including phenoxy) is 1. The number of aryl methyl sites for hydroxylation is 1. The highest BCUT2D eigenvalue weighted by atomic mass is 16.7. The molecule has 2 amide bonds. The summed E-state index contributed by atoms with van der Waals surface area (Å²) < 4.78 is 4.96. The normalized spacial score (nSPS) is 17.4. The predicted molar refractivity (Wildman–Crippen MR) is 73.0 cm³/mol. The van der Waals surface area contributed by atoms with Crippen LogP contribution in [-0.4, -0.2) is 30.8 Å². The van der Waals surface area contributed by atoms with E-state index in [1.165, 1.54) is 7.11 Å². The van der Waals surface area contributed by atoms with Crippen LogP contribution in [0.15, 0.2) is 18.2 Å². The van der Waals surface area contributed by atoms with E-state index in [1.54, 1.807) is 6.92 Å².